The van der Waals surface area contributed by atoms with Gasteiger partial charge in [0.05, 0.1) is 37.7 Å². The maximum atomic E-state index is 13.1. The van der Waals surface area contributed by atoms with Crippen LogP contribution in [-0.2, 0) is 16.1 Å². The number of amides is 1. The molecule has 1 saturated heterocycles. The number of morpholine rings is 1. The quantitative estimate of drug-likeness (QED) is 0.776. The molecular formula is C21H30N4O2. The van der Waals surface area contributed by atoms with Gasteiger partial charge in [0.2, 0.25) is 5.91 Å². The lowest BCUT2D eigenvalue weighted by atomic mass is 9.91. The molecule has 1 aliphatic heterocycles. The summed E-state index contributed by atoms with van der Waals surface area (Å²) in [4.78, 5) is 15.4. The topological polar surface area (TPSA) is 59.4 Å². The van der Waals surface area contributed by atoms with Crippen LogP contribution >= 0.6 is 0 Å². The summed E-state index contributed by atoms with van der Waals surface area (Å²) in [6.45, 7) is 8.01. The van der Waals surface area contributed by atoms with Crippen LogP contribution in [0.3, 0.4) is 0 Å². The van der Waals surface area contributed by atoms with Crippen LogP contribution in [0.2, 0.25) is 0 Å². The molecule has 6 nitrogen and oxygen atoms in total. The Morgan fingerprint density at radius 2 is 1.89 bits per heavy atom. The van der Waals surface area contributed by atoms with E-state index in [-0.39, 0.29) is 11.9 Å². The van der Waals surface area contributed by atoms with Crippen LogP contribution in [0.15, 0.2) is 42.7 Å². The molecule has 1 unspecified atom stereocenters. The standard InChI is InChI=1S/C21H30N4O2/c1-3-18(4-2)20(24-10-12-27-13-11-24)21(26)23-19-14-22-25(16-19)15-17-8-6-5-7-9-17/h5-9,14,16,18,20H,3-4,10-13,15H2,1-2H3,(H,23,26). The molecule has 0 bridgehead atoms. The third-order valence-electron chi connectivity index (χ3n) is 5.29. The third-order valence-corrected chi connectivity index (χ3v) is 5.29. The number of benzene rings is 1. The van der Waals surface area contributed by atoms with Crippen molar-refractivity contribution < 1.29 is 9.53 Å². The molecule has 146 valence electrons. The Morgan fingerprint density at radius 3 is 2.56 bits per heavy atom. The first kappa shape index (κ1) is 19.6. The van der Waals surface area contributed by atoms with Gasteiger partial charge in [0.25, 0.3) is 0 Å². The van der Waals surface area contributed by atoms with Crippen LogP contribution in [0.5, 0.6) is 0 Å². The monoisotopic (exact) mass is 370 g/mol. The lowest BCUT2D eigenvalue weighted by Gasteiger charge is -2.37. The number of aromatic nitrogens is 2. The molecule has 1 fully saturated rings. The van der Waals surface area contributed by atoms with Crippen LogP contribution in [-0.4, -0.2) is 52.9 Å². The van der Waals surface area contributed by atoms with E-state index in [2.05, 4.69) is 41.3 Å². The summed E-state index contributed by atoms with van der Waals surface area (Å²) in [7, 11) is 0. The molecule has 0 spiro atoms. The van der Waals surface area contributed by atoms with Gasteiger partial charge in [-0.3, -0.25) is 14.4 Å². The van der Waals surface area contributed by atoms with Crippen molar-refractivity contribution in [2.75, 3.05) is 31.6 Å². The van der Waals surface area contributed by atoms with E-state index in [1.54, 1.807) is 6.20 Å². The molecule has 1 amide bonds. The number of rotatable bonds is 8. The SMILES string of the molecule is CCC(CC)C(C(=O)Nc1cnn(Cc2ccccc2)c1)N1CCOCC1. The summed E-state index contributed by atoms with van der Waals surface area (Å²) in [5.41, 5.74) is 1.93. The first-order valence-electron chi connectivity index (χ1n) is 9.90. The highest BCUT2D eigenvalue weighted by Gasteiger charge is 2.33. The zero-order chi connectivity index (χ0) is 19.1. The summed E-state index contributed by atoms with van der Waals surface area (Å²) in [5.74, 6) is 0.396. The van der Waals surface area contributed by atoms with Crippen LogP contribution in [0.4, 0.5) is 5.69 Å². The fourth-order valence-electron chi connectivity index (χ4n) is 3.77. The van der Waals surface area contributed by atoms with E-state index in [1.807, 2.05) is 29.1 Å². The zero-order valence-corrected chi connectivity index (χ0v) is 16.3. The van der Waals surface area contributed by atoms with Gasteiger partial charge >= 0.3 is 0 Å². The first-order valence-corrected chi connectivity index (χ1v) is 9.90. The number of hydrogen-bond acceptors (Lipinski definition) is 4. The van der Waals surface area contributed by atoms with Gasteiger partial charge in [-0.1, -0.05) is 57.0 Å². The smallest absolute Gasteiger partial charge is 0.242 e. The second-order valence-electron chi connectivity index (χ2n) is 7.07. The van der Waals surface area contributed by atoms with Gasteiger partial charge in [0, 0.05) is 19.3 Å². The highest BCUT2D eigenvalue weighted by Crippen LogP contribution is 2.22. The maximum absolute atomic E-state index is 13.1. The van der Waals surface area contributed by atoms with E-state index in [9.17, 15) is 4.79 Å². The molecule has 27 heavy (non-hydrogen) atoms. The fourth-order valence-corrected chi connectivity index (χ4v) is 3.77. The summed E-state index contributed by atoms with van der Waals surface area (Å²) in [5, 5.41) is 7.48. The van der Waals surface area contributed by atoms with E-state index in [0.717, 1.165) is 31.6 Å². The van der Waals surface area contributed by atoms with Crippen molar-refractivity contribution in [2.45, 2.75) is 39.3 Å². The van der Waals surface area contributed by atoms with E-state index in [1.165, 1.54) is 5.56 Å². The number of hydrogen-bond donors (Lipinski definition) is 1. The number of ether oxygens (including phenoxy) is 1. The van der Waals surface area contributed by atoms with Crippen molar-refractivity contribution >= 4 is 11.6 Å². The Balaban J connectivity index is 1.67. The number of carbonyl (C=O) groups is 1. The minimum atomic E-state index is -0.124. The van der Waals surface area contributed by atoms with Crippen molar-refractivity contribution in [3.8, 4) is 0 Å². The predicted molar refractivity (Wildman–Crippen MR) is 107 cm³/mol. The van der Waals surface area contributed by atoms with Crippen molar-refractivity contribution in [3.05, 3.63) is 48.3 Å². The Bertz CT molecular complexity index is 706. The normalized spacial score (nSPS) is 16.4. The summed E-state index contributed by atoms with van der Waals surface area (Å²) in [6.07, 6.45) is 5.59. The molecule has 0 radical (unpaired) electrons. The second-order valence-corrected chi connectivity index (χ2v) is 7.07. The van der Waals surface area contributed by atoms with Crippen LogP contribution < -0.4 is 5.32 Å². The summed E-state index contributed by atoms with van der Waals surface area (Å²) in [6, 6.07) is 10.1. The zero-order valence-electron chi connectivity index (χ0n) is 16.3. The highest BCUT2D eigenvalue weighted by molar-refractivity contribution is 5.94. The summed E-state index contributed by atoms with van der Waals surface area (Å²) < 4.78 is 7.32. The van der Waals surface area contributed by atoms with E-state index in [0.29, 0.717) is 25.7 Å². The molecule has 1 aliphatic rings. The van der Waals surface area contributed by atoms with Gasteiger partial charge in [-0.05, 0) is 11.5 Å². The van der Waals surface area contributed by atoms with Gasteiger partial charge < -0.3 is 10.1 Å². The number of anilines is 1. The molecule has 1 aromatic heterocycles. The number of nitrogens with one attached hydrogen (secondary N) is 1. The maximum Gasteiger partial charge on any atom is 0.242 e. The van der Waals surface area contributed by atoms with E-state index in [4.69, 9.17) is 4.74 Å². The molecule has 0 aliphatic carbocycles. The minimum Gasteiger partial charge on any atom is -0.379 e. The van der Waals surface area contributed by atoms with E-state index >= 15 is 0 Å². The number of carbonyl (C=O) groups excluding carboxylic acids is 1. The molecule has 1 atom stereocenters. The molecule has 3 rings (SSSR count). The lowest BCUT2D eigenvalue weighted by Crippen LogP contribution is -2.52. The second kappa shape index (κ2) is 9.67. The van der Waals surface area contributed by atoms with Crippen molar-refractivity contribution in [3.63, 3.8) is 0 Å². The fraction of sp³-hybridized carbons (Fsp3) is 0.524. The molecule has 1 aromatic carbocycles. The van der Waals surface area contributed by atoms with E-state index < -0.39 is 0 Å². The van der Waals surface area contributed by atoms with Crippen molar-refractivity contribution in [2.24, 2.45) is 5.92 Å². The Labute approximate surface area is 161 Å². The van der Waals surface area contributed by atoms with Crippen LogP contribution in [0.25, 0.3) is 0 Å². The number of nitrogens with zero attached hydrogens (tertiary/aromatic N) is 3. The predicted octanol–water partition coefficient (Wildman–Crippen LogP) is 3.01. The average Bonchev–Trinajstić information content (AvgIpc) is 3.14. The van der Waals surface area contributed by atoms with Gasteiger partial charge in [-0.15, -0.1) is 0 Å². The minimum absolute atomic E-state index is 0.0601. The van der Waals surface area contributed by atoms with Crippen LogP contribution in [0, 0.1) is 5.92 Å². The third kappa shape index (κ3) is 5.17. The first-order chi connectivity index (χ1) is 13.2. The Hall–Kier alpha value is -2.18. The van der Waals surface area contributed by atoms with Gasteiger partial charge in [0.1, 0.15) is 0 Å². The van der Waals surface area contributed by atoms with Gasteiger partial charge in [-0.2, -0.15) is 5.10 Å². The Morgan fingerprint density at radius 1 is 1.19 bits per heavy atom. The Kier molecular flexibility index (Phi) is 7.01. The van der Waals surface area contributed by atoms with Crippen molar-refractivity contribution in [1.29, 1.82) is 0 Å². The molecule has 0 saturated carbocycles. The molecule has 2 heterocycles. The molecule has 6 heteroatoms. The molecular weight excluding hydrogens is 340 g/mol. The van der Waals surface area contributed by atoms with Crippen LogP contribution in [0.1, 0.15) is 32.3 Å². The average molecular weight is 370 g/mol. The lowest BCUT2D eigenvalue weighted by molar-refractivity contribution is -0.125. The summed E-state index contributed by atoms with van der Waals surface area (Å²) >= 11 is 0. The molecule has 2 aromatic rings. The van der Waals surface area contributed by atoms with Gasteiger partial charge in [-0.25, -0.2) is 0 Å². The molecule has 1 N–H and O–H groups in total. The van der Waals surface area contributed by atoms with Gasteiger partial charge in [0.15, 0.2) is 0 Å². The van der Waals surface area contributed by atoms with Crippen molar-refractivity contribution in [1.82, 2.24) is 14.7 Å². The highest BCUT2D eigenvalue weighted by atomic mass is 16.5. The largest absolute Gasteiger partial charge is 0.379 e.